The highest BCUT2D eigenvalue weighted by atomic mass is 19.4. The molecule has 1 atom stereocenters. The lowest BCUT2D eigenvalue weighted by atomic mass is 9.76. The van der Waals surface area contributed by atoms with Crippen LogP contribution in [0.5, 0.6) is 0 Å². The van der Waals surface area contributed by atoms with Gasteiger partial charge in [-0.25, -0.2) is 4.79 Å². The number of alkyl halides is 3. The van der Waals surface area contributed by atoms with Crippen LogP contribution in [0, 0.1) is 5.41 Å². The highest BCUT2D eigenvalue weighted by Crippen LogP contribution is 2.36. The predicted molar refractivity (Wildman–Crippen MR) is 114 cm³/mol. The first-order valence-corrected chi connectivity index (χ1v) is 10.6. The summed E-state index contributed by atoms with van der Waals surface area (Å²) in [4.78, 5) is 14.8. The lowest BCUT2D eigenvalue weighted by Crippen LogP contribution is -2.49. The average molecular weight is 454 g/mol. The van der Waals surface area contributed by atoms with E-state index >= 15 is 0 Å². The number of halogens is 3. The number of hydrogen-bond acceptors (Lipinski definition) is 6. The number of nitrogens with zero attached hydrogens (tertiary/aromatic N) is 4. The lowest BCUT2D eigenvalue weighted by molar-refractivity contribution is -0.156. The van der Waals surface area contributed by atoms with Crippen molar-refractivity contribution in [2.75, 3.05) is 11.4 Å². The van der Waals surface area contributed by atoms with Gasteiger partial charge in [0.1, 0.15) is 5.54 Å². The third-order valence-corrected chi connectivity index (χ3v) is 5.27. The van der Waals surface area contributed by atoms with E-state index in [1.165, 1.54) is 0 Å². The number of carbonyl (C=O) groups is 1. The molecule has 7 nitrogen and oxygen atoms in total. The maximum atomic E-state index is 13.1. The van der Waals surface area contributed by atoms with Gasteiger partial charge in [-0.1, -0.05) is 32.9 Å². The van der Waals surface area contributed by atoms with Crippen LogP contribution < -0.4 is 10.6 Å². The van der Waals surface area contributed by atoms with Crippen LogP contribution in [0.1, 0.15) is 58.3 Å². The summed E-state index contributed by atoms with van der Waals surface area (Å²) < 4.78 is 45.7. The molecule has 0 radical (unpaired) electrons. The Bertz CT molecular complexity index is 963. The Labute approximate surface area is 185 Å². The first-order chi connectivity index (χ1) is 14.7. The third-order valence-electron chi connectivity index (χ3n) is 5.27. The highest BCUT2D eigenvalue weighted by molar-refractivity contribution is 5.82. The molecule has 1 aromatic heterocycles. The Kier molecular flexibility index (Phi) is 6.29. The zero-order chi connectivity index (χ0) is 23.9. The van der Waals surface area contributed by atoms with Gasteiger partial charge in [0.25, 0.3) is 0 Å². The number of nitrogens with two attached hydrogens (primary N) is 1. The molecule has 1 aromatic carbocycles. The van der Waals surface area contributed by atoms with Crippen LogP contribution in [0.4, 0.5) is 18.9 Å². The fraction of sp³-hybridized carbons (Fsp3) is 0.591. The van der Waals surface area contributed by atoms with E-state index < -0.39 is 23.5 Å². The van der Waals surface area contributed by atoms with Crippen molar-refractivity contribution in [1.82, 2.24) is 14.8 Å². The zero-order valence-electron chi connectivity index (χ0n) is 19.0. The van der Waals surface area contributed by atoms with Crippen molar-refractivity contribution in [1.29, 1.82) is 0 Å². The summed E-state index contributed by atoms with van der Waals surface area (Å²) in [6, 6.07) is 7.20. The number of fused-ring (bicyclic) bond motifs is 1. The monoisotopic (exact) mass is 453 g/mol. The molecule has 2 heterocycles. The molecule has 1 aliphatic rings. The molecule has 0 aliphatic carbocycles. The maximum Gasteiger partial charge on any atom is 0.451 e. The molecule has 0 saturated heterocycles. The molecule has 0 saturated carbocycles. The minimum absolute atomic E-state index is 0.129. The van der Waals surface area contributed by atoms with Gasteiger partial charge in [0.05, 0.1) is 12.6 Å². The van der Waals surface area contributed by atoms with Gasteiger partial charge in [-0.15, -0.1) is 10.2 Å². The normalized spacial score (nSPS) is 16.6. The van der Waals surface area contributed by atoms with Crippen molar-refractivity contribution in [2.24, 2.45) is 11.1 Å². The fourth-order valence-electron chi connectivity index (χ4n) is 4.01. The third kappa shape index (κ3) is 5.06. The minimum Gasteiger partial charge on any atom is -0.461 e. The number of esters is 1. The number of ether oxygens (including phenoxy) is 1. The lowest BCUT2D eigenvalue weighted by Gasteiger charge is -2.35. The van der Waals surface area contributed by atoms with Crippen molar-refractivity contribution >= 4 is 11.7 Å². The van der Waals surface area contributed by atoms with Gasteiger partial charge in [-0.2, -0.15) is 13.2 Å². The quantitative estimate of drug-likeness (QED) is 0.692. The van der Waals surface area contributed by atoms with E-state index in [0.29, 0.717) is 18.5 Å². The van der Waals surface area contributed by atoms with E-state index in [9.17, 15) is 18.0 Å². The number of carbonyl (C=O) groups excluding carboxylic acids is 1. The van der Waals surface area contributed by atoms with Crippen LogP contribution in [0.25, 0.3) is 0 Å². The van der Waals surface area contributed by atoms with Crippen molar-refractivity contribution < 1.29 is 22.7 Å². The van der Waals surface area contributed by atoms with Crippen molar-refractivity contribution in [3.63, 3.8) is 0 Å². The summed E-state index contributed by atoms with van der Waals surface area (Å²) in [5, 5.41) is 7.03. The standard InChI is InChI=1S/C22H30F3N5O2/c1-14(2)32-19(31)21(26,13-20(3,4)5)15-6-8-16(9-7-15)29-10-11-30-17(12-29)27-28-18(30)22(23,24)25/h6-9,14H,10-13,26H2,1-5H3/t21-/m1/s1. The molecule has 10 heteroatoms. The summed E-state index contributed by atoms with van der Waals surface area (Å²) in [7, 11) is 0. The summed E-state index contributed by atoms with van der Waals surface area (Å²) in [5.41, 5.74) is 6.50. The Morgan fingerprint density at radius 2 is 1.75 bits per heavy atom. The number of anilines is 1. The number of hydrogen-bond donors (Lipinski definition) is 1. The Hall–Kier alpha value is -2.62. The largest absolute Gasteiger partial charge is 0.461 e. The van der Waals surface area contributed by atoms with E-state index in [1.54, 1.807) is 26.0 Å². The van der Waals surface area contributed by atoms with Gasteiger partial charge in [-0.05, 0) is 43.4 Å². The van der Waals surface area contributed by atoms with Gasteiger partial charge in [0.15, 0.2) is 5.82 Å². The Morgan fingerprint density at radius 3 is 2.28 bits per heavy atom. The Morgan fingerprint density at radius 1 is 1.12 bits per heavy atom. The van der Waals surface area contributed by atoms with Crippen LogP contribution in [0.2, 0.25) is 0 Å². The van der Waals surface area contributed by atoms with Crippen LogP contribution >= 0.6 is 0 Å². The van der Waals surface area contributed by atoms with Crippen LogP contribution in [0.3, 0.4) is 0 Å². The topological polar surface area (TPSA) is 86.3 Å². The number of benzene rings is 1. The van der Waals surface area contributed by atoms with Gasteiger partial charge in [0.2, 0.25) is 5.82 Å². The molecule has 1 aliphatic heterocycles. The zero-order valence-corrected chi connectivity index (χ0v) is 19.0. The summed E-state index contributed by atoms with van der Waals surface area (Å²) in [6.45, 7) is 10.3. The second kappa shape index (κ2) is 8.38. The van der Waals surface area contributed by atoms with Crippen molar-refractivity contribution in [3.05, 3.63) is 41.5 Å². The molecule has 0 unspecified atom stereocenters. The molecular formula is C22H30F3N5O2. The van der Waals surface area contributed by atoms with Crippen LogP contribution in [-0.2, 0) is 34.3 Å². The Balaban J connectivity index is 1.84. The summed E-state index contributed by atoms with van der Waals surface area (Å²) in [5.74, 6) is -1.20. The molecule has 2 aromatic rings. The number of aromatic nitrogens is 3. The summed E-state index contributed by atoms with van der Waals surface area (Å²) >= 11 is 0. The molecule has 32 heavy (non-hydrogen) atoms. The van der Waals surface area contributed by atoms with Crippen LogP contribution in [0.15, 0.2) is 24.3 Å². The first kappa shape index (κ1) is 24.0. The van der Waals surface area contributed by atoms with E-state index in [2.05, 4.69) is 10.2 Å². The average Bonchev–Trinajstić information content (AvgIpc) is 3.10. The van der Waals surface area contributed by atoms with Crippen molar-refractivity contribution in [2.45, 2.75) is 71.9 Å². The van der Waals surface area contributed by atoms with E-state index in [4.69, 9.17) is 10.5 Å². The first-order valence-electron chi connectivity index (χ1n) is 10.6. The molecule has 0 spiro atoms. The highest BCUT2D eigenvalue weighted by Gasteiger charge is 2.42. The molecule has 2 N–H and O–H groups in total. The maximum absolute atomic E-state index is 13.1. The molecular weight excluding hydrogens is 423 g/mol. The molecule has 0 amide bonds. The van der Waals surface area contributed by atoms with E-state index in [-0.39, 0.29) is 30.4 Å². The molecule has 0 bridgehead atoms. The fourth-order valence-corrected chi connectivity index (χ4v) is 4.01. The van der Waals surface area contributed by atoms with Gasteiger partial charge < -0.3 is 19.9 Å². The van der Waals surface area contributed by atoms with Crippen LogP contribution in [-0.4, -0.2) is 33.4 Å². The number of rotatable bonds is 5. The minimum atomic E-state index is -4.53. The van der Waals surface area contributed by atoms with Gasteiger partial charge in [-0.3, -0.25) is 0 Å². The summed E-state index contributed by atoms with van der Waals surface area (Å²) in [6.07, 6.45) is -4.44. The predicted octanol–water partition coefficient (Wildman–Crippen LogP) is 3.86. The van der Waals surface area contributed by atoms with Crippen molar-refractivity contribution in [3.8, 4) is 0 Å². The van der Waals surface area contributed by atoms with E-state index in [0.717, 1.165) is 10.3 Å². The molecule has 3 rings (SSSR count). The SMILES string of the molecule is CC(C)OC(=O)[C@@](N)(CC(C)(C)C)c1ccc(N2CCn3c(nnc3C(F)(F)F)C2)cc1. The van der Waals surface area contributed by atoms with E-state index in [1.807, 2.05) is 37.8 Å². The van der Waals surface area contributed by atoms with Gasteiger partial charge in [0, 0.05) is 18.8 Å². The smallest absolute Gasteiger partial charge is 0.451 e. The second-order valence-corrected chi connectivity index (χ2v) is 9.72. The molecule has 176 valence electrons. The van der Waals surface area contributed by atoms with Gasteiger partial charge >= 0.3 is 12.1 Å². The second-order valence-electron chi connectivity index (χ2n) is 9.72. The molecule has 0 fully saturated rings.